The number of carbonyl (C=O) groups excluding carboxylic acids is 1. The van der Waals surface area contributed by atoms with E-state index in [9.17, 15) is 4.79 Å². The molecule has 1 heterocycles. The van der Waals surface area contributed by atoms with Gasteiger partial charge >= 0.3 is 0 Å². The van der Waals surface area contributed by atoms with Gasteiger partial charge in [0.15, 0.2) is 3.79 Å². The van der Waals surface area contributed by atoms with Crippen molar-refractivity contribution in [3.05, 3.63) is 0 Å². The summed E-state index contributed by atoms with van der Waals surface area (Å²) in [5.41, 5.74) is 0. The van der Waals surface area contributed by atoms with Crippen LogP contribution in [0.3, 0.4) is 0 Å². The number of likely N-dealkylation sites (tertiary alicyclic amines) is 1. The van der Waals surface area contributed by atoms with E-state index in [0.29, 0.717) is 9.71 Å². The Balaban J connectivity index is 2.22. The van der Waals surface area contributed by atoms with E-state index >= 15 is 0 Å². The maximum Gasteiger partial charge on any atom is 0.192 e. The summed E-state index contributed by atoms with van der Waals surface area (Å²) >= 11 is 1.90. The first-order valence-electron chi connectivity index (χ1n) is 4.05. The first-order valence-corrected chi connectivity index (χ1v) is 5.13. The predicted octanol–water partition coefficient (Wildman–Crippen LogP) is 1.68. The molecule has 11 heavy (non-hydrogen) atoms. The van der Waals surface area contributed by atoms with Gasteiger partial charge in [-0.25, -0.2) is 0 Å². The van der Waals surface area contributed by atoms with E-state index < -0.39 is 0 Å². The van der Waals surface area contributed by atoms with E-state index in [0.717, 1.165) is 19.5 Å². The van der Waals surface area contributed by atoms with Crippen LogP contribution in [0.5, 0.6) is 0 Å². The normalized spacial score (nSPS) is 22.0. The molecule has 0 radical (unpaired) electrons. The number of nitrogens with zero attached hydrogens (tertiary/aromatic N) is 1. The highest BCUT2D eigenvalue weighted by Crippen LogP contribution is 2.20. The minimum atomic E-state index is 0.317. The molecule has 0 aromatic carbocycles. The van der Waals surface area contributed by atoms with Crippen LogP contribution in [-0.2, 0) is 4.79 Å². The highest BCUT2D eigenvalue weighted by atomic mass is 127. The first kappa shape index (κ1) is 9.45. The fourth-order valence-corrected chi connectivity index (χ4v) is 2.12. The third kappa shape index (κ3) is 3.51. The second-order valence-corrected chi connectivity index (χ2v) is 4.51. The molecule has 0 unspecified atom stereocenters. The van der Waals surface area contributed by atoms with Gasteiger partial charge in [0.25, 0.3) is 0 Å². The van der Waals surface area contributed by atoms with Gasteiger partial charge in [-0.2, -0.15) is 0 Å². The summed E-state index contributed by atoms with van der Waals surface area (Å²) in [7, 11) is 2.14. The second-order valence-electron chi connectivity index (χ2n) is 3.31. The van der Waals surface area contributed by atoms with Gasteiger partial charge in [0.05, 0.1) is 0 Å². The summed E-state index contributed by atoms with van der Waals surface area (Å²) in [5, 5.41) is 0. The molecule has 0 aromatic heterocycles. The van der Waals surface area contributed by atoms with Crippen molar-refractivity contribution in [2.45, 2.75) is 19.3 Å². The molecular formula is C8H14INO. The van der Waals surface area contributed by atoms with E-state index in [4.69, 9.17) is 0 Å². The zero-order valence-electron chi connectivity index (χ0n) is 6.85. The van der Waals surface area contributed by atoms with Crippen molar-refractivity contribution in [3.8, 4) is 0 Å². The van der Waals surface area contributed by atoms with Crippen LogP contribution in [0.15, 0.2) is 0 Å². The van der Waals surface area contributed by atoms with E-state index in [-0.39, 0.29) is 0 Å². The molecule has 2 nitrogen and oxygen atoms in total. The number of piperidine rings is 1. The highest BCUT2D eigenvalue weighted by molar-refractivity contribution is 14.1. The van der Waals surface area contributed by atoms with Crippen LogP contribution in [0.4, 0.5) is 0 Å². The maximum absolute atomic E-state index is 10.8. The van der Waals surface area contributed by atoms with Gasteiger partial charge in [0.1, 0.15) is 0 Å². The minimum absolute atomic E-state index is 0.317. The van der Waals surface area contributed by atoms with Crippen LogP contribution in [0, 0.1) is 5.92 Å². The Morgan fingerprint density at radius 3 is 2.55 bits per heavy atom. The van der Waals surface area contributed by atoms with Crippen molar-refractivity contribution in [1.29, 1.82) is 0 Å². The predicted molar refractivity (Wildman–Crippen MR) is 53.9 cm³/mol. The molecule has 64 valence electrons. The lowest BCUT2D eigenvalue weighted by Crippen LogP contribution is -2.30. The fourth-order valence-electron chi connectivity index (χ4n) is 1.49. The van der Waals surface area contributed by atoms with Gasteiger partial charge in [-0.3, -0.25) is 4.79 Å². The van der Waals surface area contributed by atoms with Crippen molar-refractivity contribution in [2.24, 2.45) is 5.92 Å². The average Bonchev–Trinajstić information content (AvgIpc) is 1.93. The molecule has 1 fully saturated rings. The first-order chi connectivity index (χ1) is 5.18. The second kappa shape index (κ2) is 4.40. The largest absolute Gasteiger partial charge is 0.306 e. The van der Waals surface area contributed by atoms with E-state index in [1.54, 1.807) is 0 Å². The van der Waals surface area contributed by atoms with Crippen LogP contribution in [0.1, 0.15) is 19.3 Å². The molecular weight excluding hydrogens is 253 g/mol. The Labute approximate surface area is 81.5 Å². The monoisotopic (exact) mass is 267 g/mol. The van der Waals surface area contributed by atoms with Crippen molar-refractivity contribution < 1.29 is 4.79 Å². The summed E-state index contributed by atoms with van der Waals surface area (Å²) in [6.45, 7) is 2.32. The Morgan fingerprint density at radius 2 is 2.09 bits per heavy atom. The Morgan fingerprint density at radius 1 is 1.55 bits per heavy atom. The van der Waals surface area contributed by atoms with Crippen molar-refractivity contribution in [1.82, 2.24) is 4.90 Å². The van der Waals surface area contributed by atoms with Gasteiger partial charge in [0.2, 0.25) is 0 Å². The van der Waals surface area contributed by atoms with Crippen LogP contribution in [-0.4, -0.2) is 28.8 Å². The summed E-state index contributed by atoms with van der Waals surface area (Å²) in [6, 6.07) is 0. The molecule has 0 aromatic rings. The Kier molecular flexibility index (Phi) is 3.78. The molecule has 1 saturated heterocycles. The third-order valence-corrected chi connectivity index (χ3v) is 2.73. The molecule has 1 aliphatic heterocycles. The van der Waals surface area contributed by atoms with Gasteiger partial charge in [0, 0.05) is 6.42 Å². The van der Waals surface area contributed by atoms with Crippen LogP contribution in [0.25, 0.3) is 0 Å². The lowest BCUT2D eigenvalue weighted by molar-refractivity contribution is -0.110. The topological polar surface area (TPSA) is 20.3 Å². The highest BCUT2D eigenvalue weighted by Gasteiger charge is 2.17. The molecule has 0 aliphatic carbocycles. The van der Waals surface area contributed by atoms with Crippen molar-refractivity contribution >= 4 is 26.4 Å². The lowest BCUT2D eigenvalue weighted by Gasteiger charge is -2.27. The van der Waals surface area contributed by atoms with Crippen LogP contribution in [0.2, 0.25) is 0 Å². The Bertz CT molecular complexity index is 141. The molecule has 0 N–H and O–H groups in total. The zero-order chi connectivity index (χ0) is 8.27. The number of hydrogen-bond acceptors (Lipinski definition) is 2. The average molecular weight is 267 g/mol. The fraction of sp³-hybridized carbons (Fsp3) is 0.875. The number of rotatable bonds is 2. The molecule has 1 aliphatic rings. The zero-order valence-corrected chi connectivity index (χ0v) is 9.00. The van der Waals surface area contributed by atoms with Gasteiger partial charge in [-0.15, -0.1) is 0 Å². The molecule has 0 saturated carbocycles. The van der Waals surface area contributed by atoms with Crippen molar-refractivity contribution in [2.75, 3.05) is 20.1 Å². The smallest absolute Gasteiger partial charge is 0.192 e. The lowest BCUT2D eigenvalue weighted by atomic mass is 9.95. The SMILES string of the molecule is CN1CCC(CC(=O)I)CC1. The number of carbonyl (C=O) groups is 1. The summed E-state index contributed by atoms with van der Waals surface area (Å²) in [5.74, 6) is 0.663. The number of halogens is 1. The van der Waals surface area contributed by atoms with Gasteiger partial charge in [-0.05, 0) is 61.5 Å². The van der Waals surface area contributed by atoms with E-state index in [2.05, 4.69) is 11.9 Å². The molecule has 0 spiro atoms. The van der Waals surface area contributed by atoms with Crippen molar-refractivity contribution in [3.63, 3.8) is 0 Å². The molecule has 0 bridgehead atoms. The Hall–Kier alpha value is 0.360. The summed E-state index contributed by atoms with van der Waals surface area (Å²) in [6.07, 6.45) is 3.19. The number of hydrogen-bond donors (Lipinski definition) is 0. The summed E-state index contributed by atoms with van der Waals surface area (Å²) < 4.78 is 0.317. The maximum atomic E-state index is 10.8. The van der Waals surface area contributed by atoms with E-state index in [1.807, 2.05) is 22.6 Å². The van der Waals surface area contributed by atoms with Crippen LogP contribution < -0.4 is 0 Å². The summed E-state index contributed by atoms with van der Waals surface area (Å²) in [4.78, 5) is 13.1. The van der Waals surface area contributed by atoms with Gasteiger partial charge < -0.3 is 4.90 Å². The van der Waals surface area contributed by atoms with Gasteiger partial charge in [-0.1, -0.05) is 0 Å². The third-order valence-electron chi connectivity index (χ3n) is 2.29. The quantitative estimate of drug-likeness (QED) is 0.560. The molecule has 0 atom stereocenters. The van der Waals surface area contributed by atoms with E-state index in [1.165, 1.54) is 12.8 Å². The standard InChI is InChI=1S/C8H14INO/c1-10-4-2-7(3-5-10)6-8(9)11/h7H,2-6H2,1H3. The minimum Gasteiger partial charge on any atom is -0.306 e. The molecule has 3 heteroatoms. The van der Waals surface area contributed by atoms with Crippen LogP contribution >= 0.6 is 22.6 Å². The molecule has 0 amide bonds. The molecule has 1 rings (SSSR count).